The van der Waals surface area contributed by atoms with Crippen molar-refractivity contribution < 1.29 is 28.7 Å². The number of aryl methyl sites for hydroxylation is 1. The molecule has 2 amide bonds. The number of thioether (sulfide) groups is 1. The first-order valence-corrected chi connectivity index (χ1v) is 21.4. The first kappa shape index (κ1) is 41.6. The van der Waals surface area contributed by atoms with Crippen LogP contribution in [-0.4, -0.2) is 85.0 Å². The van der Waals surface area contributed by atoms with E-state index in [1.54, 1.807) is 54.4 Å². The average Bonchev–Trinajstić information content (AvgIpc) is 3.96. The number of carbonyl (C=O) groups is 3. The molecule has 4 aromatic carbocycles. The summed E-state index contributed by atoms with van der Waals surface area (Å²) >= 11 is 2.71. The smallest absolute Gasteiger partial charge is 0.355 e. The molecule has 2 N–H and O–H groups in total. The van der Waals surface area contributed by atoms with E-state index in [0.29, 0.717) is 34.6 Å². The van der Waals surface area contributed by atoms with Crippen LogP contribution in [0.3, 0.4) is 0 Å². The van der Waals surface area contributed by atoms with Crippen LogP contribution >= 0.6 is 23.1 Å². The van der Waals surface area contributed by atoms with Crippen LogP contribution in [0.25, 0.3) is 0 Å². The molecule has 2 atom stereocenters. The van der Waals surface area contributed by atoms with Gasteiger partial charge in [0.1, 0.15) is 53.6 Å². The first-order chi connectivity index (χ1) is 30.3. The van der Waals surface area contributed by atoms with E-state index in [9.17, 15) is 14.4 Å². The van der Waals surface area contributed by atoms with E-state index in [0.717, 1.165) is 22.3 Å². The Morgan fingerprint density at radius 1 is 0.919 bits per heavy atom. The van der Waals surface area contributed by atoms with Crippen LogP contribution in [0, 0.1) is 6.92 Å². The third-order valence-electron chi connectivity index (χ3n) is 10.4. The van der Waals surface area contributed by atoms with Crippen LogP contribution in [0.2, 0.25) is 0 Å². The lowest BCUT2D eigenvalue weighted by molar-refractivity contribution is -0.153. The number of aromatic nitrogens is 5. The molecule has 1 saturated heterocycles. The maximum absolute atomic E-state index is 14.1. The maximum atomic E-state index is 14.1. The molecule has 17 heteroatoms. The van der Waals surface area contributed by atoms with Crippen molar-refractivity contribution >= 4 is 51.7 Å². The van der Waals surface area contributed by atoms with E-state index < -0.39 is 34.7 Å². The standard InChI is InChI=1S/C45H41N9O6S2/c1-29-49-51-52-53(29)25-13-14-31-27-61-42-38(41(56)54(42)39(31)43(57)60-26-30-21-23-35(58-2)24-22-30)47-40(55)37(50-59-3)36-28-62-44(46-36)48-45(32-15-7-4-8-16-32,33-17-9-5-10-18-33)34-19-11-6-12-20-34/h4-24,28,38,42H,25-27H2,1-3H3,(H,46,48)(H,47,55)/b14-13+,50-37?/t38?,42-/m1/s1. The zero-order valence-electron chi connectivity index (χ0n) is 33.9. The summed E-state index contributed by atoms with van der Waals surface area (Å²) in [5.74, 6) is -0.183. The SMILES string of the molecule is CON=C(C(=O)NC1C(=O)N2C(C(=O)OCc3ccc(OC)cc3)=C(/C=C/Cn3nnnc3C)CS[C@H]12)c1csc(NC(c2ccccc2)(c2ccccc2)c2ccccc2)n1. The number of tetrazole rings is 1. The highest BCUT2D eigenvalue weighted by atomic mass is 32.2. The fourth-order valence-electron chi connectivity index (χ4n) is 7.30. The highest BCUT2D eigenvalue weighted by molar-refractivity contribution is 8.00. The Morgan fingerprint density at radius 3 is 2.15 bits per heavy atom. The number of nitrogens with one attached hydrogen (secondary N) is 2. The lowest BCUT2D eigenvalue weighted by Crippen LogP contribution is -2.71. The molecule has 2 aliphatic heterocycles. The molecule has 0 spiro atoms. The topological polar surface area (TPSA) is 175 Å². The number of oxime groups is 1. The molecule has 6 aromatic rings. The largest absolute Gasteiger partial charge is 0.497 e. The fourth-order valence-corrected chi connectivity index (χ4v) is 9.37. The number of thiazole rings is 1. The van der Waals surface area contributed by atoms with Gasteiger partial charge in [-0.15, -0.1) is 28.2 Å². The van der Waals surface area contributed by atoms with Crippen molar-refractivity contribution in [1.29, 1.82) is 0 Å². The van der Waals surface area contributed by atoms with Gasteiger partial charge in [0.15, 0.2) is 10.8 Å². The van der Waals surface area contributed by atoms with E-state index in [4.69, 9.17) is 19.3 Å². The van der Waals surface area contributed by atoms with Gasteiger partial charge in [-0.05, 0) is 57.3 Å². The molecule has 1 fully saturated rings. The zero-order chi connectivity index (χ0) is 43.1. The van der Waals surface area contributed by atoms with Crippen LogP contribution in [0.5, 0.6) is 5.75 Å². The number of nitrogens with zero attached hydrogens (tertiary/aromatic N) is 7. The highest BCUT2D eigenvalue weighted by Crippen LogP contribution is 2.42. The molecule has 314 valence electrons. The summed E-state index contributed by atoms with van der Waals surface area (Å²) in [6.45, 7) is 2.10. The second kappa shape index (κ2) is 18.7. The zero-order valence-corrected chi connectivity index (χ0v) is 35.5. The summed E-state index contributed by atoms with van der Waals surface area (Å²) in [7, 11) is 2.91. The van der Waals surface area contributed by atoms with Crippen LogP contribution < -0.4 is 15.4 Å². The molecule has 0 bridgehead atoms. The number of methoxy groups -OCH3 is 1. The quantitative estimate of drug-likeness (QED) is 0.0391. The van der Waals surface area contributed by atoms with Gasteiger partial charge >= 0.3 is 5.97 Å². The number of fused-ring (bicyclic) bond motifs is 1. The number of hydrogen-bond acceptors (Lipinski definition) is 14. The van der Waals surface area contributed by atoms with Gasteiger partial charge in [-0.1, -0.05) is 120 Å². The fraction of sp³-hybridized carbons (Fsp3) is 0.200. The lowest BCUT2D eigenvalue weighted by atomic mass is 9.77. The minimum absolute atomic E-state index is 0.0301. The van der Waals surface area contributed by atoms with Gasteiger partial charge in [-0.3, -0.25) is 14.5 Å². The van der Waals surface area contributed by atoms with Gasteiger partial charge in [0.2, 0.25) is 0 Å². The minimum Gasteiger partial charge on any atom is -0.497 e. The monoisotopic (exact) mass is 867 g/mol. The molecular weight excluding hydrogens is 827 g/mol. The van der Waals surface area contributed by atoms with Crippen molar-refractivity contribution in [3.05, 3.63) is 178 Å². The predicted octanol–water partition coefficient (Wildman–Crippen LogP) is 5.85. The Bertz CT molecular complexity index is 2540. The predicted molar refractivity (Wildman–Crippen MR) is 235 cm³/mol. The van der Waals surface area contributed by atoms with Gasteiger partial charge in [-0.2, -0.15) is 0 Å². The van der Waals surface area contributed by atoms with Gasteiger partial charge in [0.05, 0.1) is 13.7 Å². The molecule has 2 aliphatic rings. The summed E-state index contributed by atoms with van der Waals surface area (Å²) in [4.78, 5) is 53.3. The summed E-state index contributed by atoms with van der Waals surface area (Å²) in [5, 5.41) is 23.8. The molecule has 0 radical (unpaired) electrons. The third kappa shape index (κ3) is 8.44. The lowest BCUT2D eigenvalue weighted by Gasteiger charge is -2.49. The Morgan fingerprint density at radius 2 is 1.56 bits per heavy atom. The Balaban J connectivity index is 1.03. The molecule has 8 rings (SSSR count). The summed E-state index contributed by atoms with van der Waals surface area (Å²) in [6, 6.07) is 36.4. The summed E-state index contributed by atoms with van der Waals surface area (Å²) in [5.41, 5.74) is 3.63. The maximum Gasteiger partial charge on any atom is 0.355 e. The molecule has 4 heterocycles. The number of esters is 1. The van der Waals surface area contributed by atoms with Crippen LogP contribution in [0.4, 0.5) is 5.13 Å². The van der Waals surface area contributed by atoms with Gasteiger partial charge < -0.3 is 24.9 Å². The number of carbonyl (C=O) groups excluding carboxylic acids is 3. The van der Waals surface area contributed by atoms with Crippen molar-refractivity contribution in [2.24, 2.45) is 5.16 Å². The van der Waals surface area contributed by atoms with Crippen molar-refractivity contribution in [3.63, 3.8) is 0 Å². The van der Waals surface area contributed by atoms with Crippen molar-refractivity contribution in [1.82, 2.24) is 35.4 Å². The van der Waals surface area contributed by atoms with Crippen molar-refractivity contribution in [2.45, 2.75) is 37.0 Å². The Hall–Kier alpha value is -7.11. The number of ether oxygens (including phenoxy) is 2. The molecule has 0 aliphatic carbocycles. The number of rotatable bonds is 16. The van der Waals surface area contributed by atoms with Crippen LogP contribution in [0.15, 0.2) is 149 Å². The number of anilines is 1. The number of amides is 2. The minimum atomic E-state index is -0.980. The molecule has 62 heavy (non-hydrogen) atoms. The van der Waals surface area contributed by atoms with Crippen molar-refractivity contribution in [3.8, 4) is 5.75 Å². The van der Waals surface area contributed by atoms with E-state index >= 15 is 0 Å². The second-order valence-electron chi connectivity index (χ2n) is 14.1. The van der Waals surface area contributed by atoms with Gasteiger partial charge in [-0.25, -0.2) is 14.5 Å². The normalized spacial score (nSPS) is 16.4. The molecule has 1 unspecified atom stereocenters. The van der Waals surface area contributed by atoms with E-state index in [-0.39, 0.29) is 23.7 Å². The first-order valence-electron chi connectivity index (χ1n) is 19.5. The average molecular weight is 868 g/mol. The summed E-state index contributed by atoms with van der Waals surface area (Å²) in [6.07, 6.45) is 3.58. The molecule has 2 aromatic heterocycles. The third-order valence-corrected chi connectivity index (χ3v) is 12.4. The van der Waals surface area contributed by atoms with Gasteiger partial charge in [0, 0.05) is 11.1 Å². The van der Waals surface area contributed by atoms with Crippen LogP contribution in [0.1, 0.15) is 33.8 Å². The molecule has 0 saturated carbocycles. The second-order valence-corrected chi connectivity index (χ2v) is 16.1. The molecular formula is C45H41N9O6S2. The van der Waals surface area contributed by atoms with Crippen LogP contribution in [-0.2, 0) is 42.6 Å². The van der Waals surface area contributed by atoms with Crippen molar-refractivity contribution in [2.75, 3.05) is 25.3 Å². The van der Waals surface area contributed by atoms with E-state index in [2.05, 4.69) is 67.7 Å². The van der Waals surface area contributed by atoms with E-state index in [1.807, 2.05) is 60.7 Å². The number of allylic oxidation sites excluding steroid dienone is 2. The Labute approximate surface area is 365 Å². The van der Waals surface area contributed by atoms with E-state index in [1.165, 1.54) is 35.1 Å². The summed E-state index contributed by atoms with van der Waals surface area (Å²) < 4.78 is 12.6. The number of benzene rings is 4. The Kier molecular flexibility index (Phi) is 12.5. The highest BCUT2D eigenvalue weighted by Gasteiger charge is 2.54. The number of hydrogen-bond donors (Lipinski definition) is 2. The number of β-lactam (4-membered cyclic amide) rings is 1. The van der Waals surface area contributed by atoms with Gasteiger partial charge in [0.25, 0.3) is 11.8 Å². The molecule has 15 nitrogen and oxygen atoms in total.